The highest BCUT2D eigenvalue weighted by Gasteiger charge is 2.18. The molecule has 0 saturated heterocycles. The van der Waals surface area contributed by atoms with Gasteiger partial charge in [-0.1, -0.05) is 0 Å². The molecular weight excluding hydrogens is 350 g/mol. The molecule has 1 aliphatic rings. The molecule has 5 N–H and O–H groups in total. The summed E-state index contributed by atoms with van der Waals surface area (Å²) in [6, 6.07) is 11.2. The molecular formula is C19H19N3O5. The Hall–Kier alpha value is -3.39. The van der Waals surface area contributed by atoms with Gasteiger partial charge in [0.2, 0.25) is 11.8 Å². The van der Waals surface area contributed by atoms with Crippen LogP contribution in [-0.4, -0.2) is 28.9 Å². The molecule has 2 amide bonds. The van der Waals surface area contributed by atoms with E-state index in [0.717, 1.165) is 11.3 Å². The van der Waals surface area contributed by atoms with E-state index in [0.29, 0.717) is 23.6 Å². The van der Waals surface area contributed by atoms with Crippen molar-refractivity contribution in [1.29, 1.82) is 0 Å². The molecule has 1 aliphatic heterocycles. The smallest absolute Gasteiger partial charge is 0.303 e. The lowest BCUT2D eigenvalue weighted by Crippen LogP contribution is -2.36. The maximum absolute atomic E-state index is 11.9. The summed E-state index contributed by atoms with van der Waals surface area (Å²) >= 11 is 0. The van der Waals surface area contributed by atoms with Crippen LogP contribution in [-0.2, 0) is 20.8 Å². The van der Waals surface area contributed by atoms with Crippen molar-refractivity contribution >= 4 is 29.2 Å². The minimum absolute atomic E-state index is 0.0381. The summed E-state index contributed by atoms with van der Waals surface area (Å²) in [5.41, 5.74) is 7.88. The van der Waals surface area contributed by atoms with Gasteiger partial charge < -0.3 is 26.2 Å². The Morgan fingerprint density at radius 3 is 2.59 bits per heavy atom. The third-order valence-electron chi connectivity index (χ3n) is 4.07. The van der Waals surface area contributed by atoms with Crippen LogP contribution in [0.15, 0.2) is 42.5 Å². The summed E-state index contributed by atoms with van der Waals surface area (Å²) < 4.78 is 5.77. The summed E-state index contributed by atoms with van der Waals surface area (Å²) in [5.74, 6) is -0.297. The van der Waals surface area contributed by atoms with Crippen LogP contribution in [0.25, 0.3) is 0 Å². The Balaban J connectivity index is 1.57. The van der Waals surface area contributed by atoms with Crippen molar-refractivity contribution in [2.45, 2.75) is 25.3 Å². The van der Waals surface area contributed by atoms with E-state index in [9.17, 15) is 14.4 Å². The first-order chi connectivity index (χ1) is 12.9. The molecule has 3 rings (SSSR count). The molecule has 1 atom stereocenters. The zero-order chi connectivity index (χ0) is 19.4. The van der Waals surface area contributed by atoms with E-state index in [1.165, 1.54) is 0 Å². The van der Waals surface area contributed by atoms with Gasteiger partial charge in [0, 0.05) is 17.8 Å². The second-order valence-corrected chi connectivity index (χ2v) is 6.20. The lowest BCUT2D eigenvalue weighted by molar-refractivity contribution is -0.137. The molecule has 0 spiro atoms. The number of nitrogens with one attached hydrogen (secondary N) is 2. The molecule has 27 heavy (non-hydrogen) atoms. The fourth-order valence-corrected chi connectivity index (χ4v) is 2.66. The number of carbonyl (C=O) groups excluding carboxylic acids is 2. The summed E-state index contributed by atoms with van der Waals surface area (Å²) in [7, 11) is 0. The molecule has 0 fully saturated rings. The Morgan fingerprint density at radius 1 is 1.19 bits per heavy atom. The molecule has 2 aromatic carbocycles. The molecule has 0 aliphatic carbocycles. The second kappa shape index (κ2) is 7.88. The van der Waals surface area contributed by atoms with Crippen molar-refractivity contribution in [3.05, 3.63) is 48.0 Å². The maximum atomic E-state index is 11.9. The van der Waals surface area contributed by atoms with Gasteiger partial charge in [0.25, 0.3) is 0 Å². The Labute approximate surface area is 155 Å². The van der Waals surface area contributed by atoms with Crippen LogP contribution in [0.4, 0.5) is 11.4 Å². The highest BCUT2D eigenvalue weighted by Crippen LogP contribution is 2.30. The van der Waals surface area contributed by atoms with Gasteiger partial charge in [0.1, 0.15) is 11.5 Å². The molecule has 8 nitrogen and oxygen atoms in total. The van der Waals surface area contributed by atoms with Crippen LogP contribution >= 0.6 is 0 Å². The topological polar surface area (TPSA) is 131 Å². The number of rotatable bonds is 7. The fourth-order valence-electron chi connectivity index (χ4n) is 2.66. The second-order valence-electron chi connectivity index (χ2n) is 6.20. The van der Waals surface area contributed by atoms with Crippen LogP contribution in [0.1, 0.15) is 18.4 Å². The Bertz CT molecular complexity index is 879. The minimum atomic E-state index is -0.994. The van der Waals surface area contributed by atoms with Gasteiger partial charge in [0.05, 0.1) is 12.5 Å². The monoisotopic (exact) mass is 369 g/mol. The number of hydrogen-bond acceptors (Lipinski definition) is 5. The van der Waals surface area contributed by atoms with Crippen molar-refractivity contribution < 1.29 is 24.2 Å². The number of carbonyl (C=O) groups is 3. The first kappa shape index (κ1) is 18.4. The van der Waals surface area contributed by atoms with E-state index < -0.39 is 17.9 Å². The lowest BCUT2D eigenvalue weighted by atomic mass is 10.1. The van der Waals surface area contributed by atoms with Gasteiger partial charge in [-0.15, -0.1) is 0 Å². The molecule has 140 valence electrons. The van der Waals surface area contributed by atoms with Crippen LogP contribution < -0.4 is 21.1 Å². The average Bonchev–Trinajstić information content (AvgIpc) is 3.00. The number of benzene rings is 2. The molecule has 2 aromatic rings. The van der Waals surface area contributed by atoms with Crippen molar-refractivity contribution in [3.8, 4) is 11.5 Å². The predicted molar refractivity (Wildman–Crippen MR) is 98.8 cm³/mol. The van der Waals surface area contributed by atoms with Crippen molar-refractivity contribution in [3.63, 3.8) is 0 Å². The number of anilines is 2. The molecule has 0 aromatic heterocycles. The van der Waals surface area contributed by atoms with E-state index in [4.69, 9.17) is 15.6 Å². The number of hydrogen-bond donors (Lipinski definition) is 4. The zero-order valence-electron chi connectivity index (χ0n) is 14.4. The van der Waals surface area contributed by atoms with Gasteiger partial charge in [0.15, 0.2) is 0 Å². The average molecular weight is 369 g/mol. The van der Waals surface area contributed by atoms with Crippen LogP contribution in [0.5, 0.6) is 11.5 Å². The highest BCUT2D eigenvalue weighted by atomic mass is 16.5. The van der Waals surface area contributed by atoms with Crippen LogP contribution in [0.2, 0.25) is 0 Å². The van der Waals surface area contributed by atoms with E-state index in [-0.39, 0.29) is 18.7 Å². The lowest BCUT2D eigenvalue weighted by Gasteiger charge is -2.12. The van der Waals surface area contributed by atoms with Crippen LogP contribution in [0.3, 0.4) is 0 Å². The van der Waals surface area contributed by atoms with Gasteiger partial charge in [-0.2, -0.15) is 0 Å². The van der Waals surface area contributed by atoms with Crippen molar-refractivity contribution in [2.24, 2.45) is 5.73 Å². The molecule has 8 heteroatoms. The fraction of sp³-hybridized carbons (Fsp3) is 0.211. The number of amides is 2. The highest BCUT2D eigenvalue weighted by molar-refractivity contribution is 5.99. The van der Waals surface area contributed by atoms with Crippen LogP contribution in [0, 0.1) is 0 Å². The molecule has 0 bridgehead atoms. The Kier molecular flexibility index (Phi) is 5.37. The number of carboxylic acid groups (broad SMARTS) is 1. The maximum Gasteiger partial charge on any atom is 0.303 e. The van der Waals surface area contributed by atoms with E-state index in [1.54, 1.807) is 36.4 Å². The third-order valence-corrected chi connectivity index (χ3v) is 4.07. The summed E-state index contributed by atoms with van der Waals surface area (Å²) in [6.07, 6.45) is 0.237. The van der Waals surface area contributed by atoms with Gasteiger partial charge in [-0.25, -0.2) is 0 Å². The number of aliphatic carboxylic acids is 1. The van der Waals surface area contributed by atoms with Gasteiger partial charge >= 0.3 is 5.97 Å². The van der Waals surface area contributed by atoms with Crippen molar-refractivity contribution in [1.82, 2.24) is 0 Å². The SMILES string of the molecule is N[C@@H](CCC(=O)O)C(=O)Nc1ccc(Oc2ccc3c(c2)CC(=O)N3)cc1. The van der Waals surface area contributed by atoms with E-state index >= 15 is 0 Å². The first-order valence-electron chi connectivity index (χ1n) is 8.39. The van der Waals surface area contributed by atoms with Gasteiger partial charge in [-0.05, 0) is 54.4 Å². The third kappa shape index (κ3) is 4.83. The largest absolute Gasteiger partial charge is 0.481 e. The number of carboxylic acids is 1. The number of nitrogens with two attached hydrogens (primary N) is 1. The van der Waals surface area contributed by atoms with E-state index in [2.05, 4.69) is 10.6 Å². The van der Waals surface area contributed by atoms with Gasteiger partial charge in [-0.3, -0.25) is 14.4 Å². The molecule has 0 unspecified atom stereocenters. The minimum Gasteiger partial charge on any atom is -0.481 e. The number of fused-ring (bicyclic) bond motifs is 1. The quantitative estimate of drug-likeness (QED) is 0.591. The molecule has 1 heterocycles. The first-order valence-corrected chi connectivity index (χ1v) is 8.39. The molecule has 0 saturated carbocycles. The zero-order valence-corrected chi connectivity index (χ0v) is 14.4. The Morgan fingerprint density at radius 2 is 1.89 bits per heavy atom. The number of ether oxygens (including phenoxy) is 1. The van der Waals surface area contributed by atoms with Crippen molar-refractivity contribution in [2.75, 3.05) is 10.6 Å². The normalized spacial score (nSPS) is 13.4. The molecule has 0 radical (unpaired) electrons. The van der Waals surface area contributed by atoms with E-state index in [1.807, 2.05) is 6.07 Å². The predicted octanol–water partition coefficient (Wildman–Crippen LogP) is 2.10. The summed E-state index contributed by atoms with van der Waals surface area (Å²) in [5, 5.41) is 14.0. The standard InChI is InChI=1S/C19H19N3O5/c20-15(6-8-18(24)25)19(26)21-12-1-3-13(4-2-12)27-14-5-7-16-11(9-14)10-17(23)22-16/h1-5,7,9,15H,6,8,10,20H2,(H,21,26)(H,22,23)(H,24,25)/t15-/m0/s1. The summed E-state index contributed by atoms with van der Waals surface area (Å²) in [4.78, 5) is 33.9. The summed E-state index contributed by atoms with van der Waals surface area (Å²) in [6.45, 7) is 0.